The van der Waals surface area contributed by atoms with E-state index in [9.17, 15) is 4.79 Å². The molecule has 1 aromatic rings. The van der Waals surface area contributed by atoms with Gasteiger partial charge in [-0.15, -0.1) is 0 Å². The first-order valence-corrected chi connectivity index (χ1v) is 5.70. The minimum absolute atomic E-state index is 0.210. The third-order valence-corrected chi connectivity index (χ3v) is 2.91. The van der Waals surface area contributed by atoms with Crippen molar-refractivity contribution in [1.82, 2.24) is 5.32 Å². The molecule has 0 spiro atoms. The predicted octanol–water partition coefficient (Wildman–Crippen LogP) is 1.95. The summed E-state index contributed by atoms with van der Waals surface area (Å²) in [4.78, 5) is 11.7. The van der Waals surface area contributed by atoms with Gasteiger partial charge in [-0.05, 0) is 37.5 Å². The second-order valence-electron chi connectivity index (χ2n) is 4.19. The maximum atomic E-state index is 11.7. The van der Waals surface area contributed by atoms with Crippen LogP contribution in [0.3, 0.4) is 0 Å². The first-order valence-electron chi connectivity index (χ1n) is 5.70. The summed E-state index contributed by atoms with van der Waals surface area (Å²) in [6.45, 7) is 0. The van der Waals surface area contributed by atoms with Crippen molar-refractivity contribution in [2.45, 2.75) is 25.3 Å². The first kappa shape index (κ1) is 11.6. The molecule has 2 rings (SSSR count). The van der Waals surface area contributed by atoms with Crippen molar-refractivity contribution in [1.29, 1.82) is 0 Å². The Labute approximate surface area is 100 Å². The Kier molecular flexibility index (Phi) is 3.37. The zero-order chi connectivity index (χ0) is 12.3. The number of anilines is 2. The standard InChI is InChI=1S/C12H17N3O2/c1-17-11-6-5-8(13)7-10(11)15-12(16)14-9-3-2-4-9/h5-7,9H,2-4,13H2,1H3,(H2,14,15,16). The molecule has 0 atom stereocenters. The van der Waals surface area contributed by atoms with Crippen LogP contribution in [0.4, 0.5) is 16.2 Å². The van der Waals surface area contributed by atoms with E-state index in [-0.39, 0.29) is 6.03 Å². The van der Waals surface area contributed by atoms with E-state index in [2.05, 4.69) is 10.6 Å². The smallest absolute Gasteiger partial charge is 0.319 e. The quantitative estimate of drug-likeness (QED) is 0.701. The van der Waals surface area contributed by atoms with Gasteiger partial charge in [0.05, 0.1) is 12.8 Å². The van der Waals surface area contributed by atoms with E-state index >= 15 is 0 Å². The number of hydrogen-bond donors (Lipinski definition) is 3. The van der Waals surface area contributed by atoms with Gasteiger partial charge in [0, 0.05) is 11.7 Å². The van der Waals surface area contributed by atoms with Gasteiger partial charge in [-0.25, -0.2) is 4.79 Å². The lowest BCUT2D eigenvalue weighted by Crippen LogP contribution is -2.41. The molecule has 0 heterocycles. The molecule has 4 N–H and O–H groups in total. The molecule has 0 bridgehead atoms. The van der Waals surface area contributed by atoms with Crippen LogP contribution in [0, 0.1) is 0 Å². The lowest BCUT2D eigenvalue weighted by molar-refractivity contribution is 0.240. The second kappa shape index (κ2) is 4.95. The lowest BCUT2D eigenvalue weighted by Gasteiger charge is -2.26. The number of rotatable bonds is 3. The molecule has 2 amide bonds. The summed E-state index contributed by atoms with van der Waals surface area (Å²) in [5.41, 5.74) is 6.84. The molecule has 0 saturated heterocycles. The van der Waals surface area contributed by atoms with Gasteiger partial charge in [-0.1, -0.05) is 0 Å². The fourth-order valence-corrected chi connectivity index (χ4v) is 1.72. The summed E-state index contributed by atoms with van der Waals surface area (Å²) in [6.07, 6.45) is 3.30. The number of nitrogens with two attached hydrogens (primary N) is 1. The van der Waals surface area contributed by atoms with Gasteiger partial charge in [0.15, 0.2) is 0 Å². The molecule has 0 unspecified atom stereocenters. The third-order valence-electron chi connectivity index (χ3n) is 2.91. The van der Waals surface area contributed by atoms with Crippen molar-refractivity contribution < 1.29 is 9.53 Å². The highest BCUT2D eigenvalue weighted by molar-refractivity contribution is 5.91. The van der Waals surface area contributed by atoms with E-state index in [0.29, 0.717) is 23.2 Å². The largest absolute Gasteiger partial charge is 0.495 e. The molecule has 1 aromatic carbocycles. The van der Waals surface area contributed by atoms with Crippen LogP contribution in [-0.2, 0) is 0 Å². The van der Waals surface area contributed by atoms with Crippen molar-refractivity contribution in [2.75, 3.05) is 18.2 Å². The Bertz CT molecular complexity index is 416. The molecule has 92 valence electrons. The highest BCUT2D eigenvalue weighted by Gasteiger charge is 2.19. The topological polar surface area (TPSA) is 76.4 Å². The predicted molar refractivity (Wildman–Crippen MR) is 67.2 cm³/mol. The van der Waals surface area contributed by atoms with Crippen LogP contribution in [0.1, 0.15) is 19.3 Å². The minimum Gasteiger partial charge on any atom is -0.495 e. The van der Waals surface area contributed by atoms with Crippen molar-refractivity contribution in [2.24, 2.45) is 0 Å². The zero-order valence-electron chi connectivity index (χ0n) is 9.82. The Hall–Kier alpha value is -1.91. The van der Waals surface area contributed by atoms with Gasteiger partial charge in [0.2, 0.25) is 0 Å². The molecule has 1 saturated carbocycles. The molecule has 0 radical (unpaired) electrons. The number of urea groups is 1. The van der Waals surface area contributed by atoms with Gasteiger partial charge in [0.1, 0.15) is 5.75 Å². The first-order chi connectivity index (χ1) is 8.19. The number of carbonyl (C=O) groups is 1. The van der Waals surface area contributed by atoms with Crippen LogP contribution in [0.5, 0.6) is 5.75 Å². The Balaban J connectivity index is 2.00. The van der Waals surface area contributed by atoms with Gasteiger partial charge >= 0.3 is 6.03 Å². The molecule has 0 aliphatic heterocycles. The van der Waals surface area contributed by atoms with E-state index in [4.69, 9.17) is 10.5 Å². The Morgan fingerprint density at radius 2 is 2.24 bits per heavy atom. The van der Waals surface area contributed by atoms with E-state index in [1.54, 1.807) is 25.3 Å². The number of hydrogen-bond acceptors (Lipinski definition) is 3. The van der Waals surface area contributed by atoms with Crippen molar-refractivity contribution in [3.8, 4) is 5.75 Å². The molecule has 17 heavy (non-hydrogen) atoms. The molecule has 5 heteroatoms. The molecule has 1 aliphatic carbocycles. The van der Waals surface area contributed by atoms with Crippen molar-refractivity contribution in [3.63, 3.8) is 0 Å². The molecule has 1 aliphatic rings. The van der Waals surface area contributed by atoms with E-state index in [1.165, 1.54) is 6.42 Å². The summed E-state index contributed by atoms with van der Waals surface area (Å²) < 4.78 is 5.15. The maximum Gasteiger partial charge on any atom is 0.319 e. The van der Waals surface area contributed by atoms with E-state index < -0.39 is 0 Å². The van der Waals surface area contributed by atoms with Crippen LogP contribution in [-0.4, -0.2) is 19.2 Å². The van der Waals surface area contributed by atoms with Crippen molar-refractivity contribution in [3.05, 3.63) is 18.2 Å². The normalized spacial score (nSPS) is 14.9. The second-order valence-corrected chi connectivity index (χ2v) is 4.19. The summed E-state index contributed by atoms with van der Waals surface area (Å²) in [6, 6.07) is 5.24. The number of benzene rings is 1. The van der Waals surface area contributed by atoms with Gasteiger partial charge in [-0.2, -0.15) is 0 Å². The highest BCUT2D eigenvalue weighted by Crippen LogP contribution is 2.26. The summed E-state index contributed by atoms with van der Waals surface area (Å²) >= 11 is 0. The lowest BCUT2D eigenvalue weighted by atomic mass is 9.93. The van der Waals surface area contributed by atoms with Crippen LogP contribution >= 0.6 is 0 Å². The van der Waals surface area contributed by atoms with Crippen LogP contribution in [0.15, 0.2) is 18.2 Å². The number of amides is 2. The fourth-order valence-electron chi connectivity index (χ4n) is 1.72. The number of nitrogens with one attached hydrogen (secondary N) is 2. The maximum absolute atomic E-state index is 11.7. The van der Waals surface area contributed by atoms with Crippen LogP contribution in [0.2, 0.25) is 0 Å². The molecule has 5 nitrogen and oxygen atoms in total. The van der Waals surface area contributed by atoms with E-state index in [1.807, 2.05) is 0 Å². The highest BCUT2D eigenvalue weighted by atomic mass is 16.5. The van der Waals surface area contributed by atoms with Crippen LogP contribution in [0.25, 0.3) is 0 Å². The molecule has 0 aromatic heterocycles. The van der Waals surface area contributed by atoms with Crippen LogP contribution < -0.4 is 21.1 Å². The van der Waals surface area contributed by atoms with Gasteiger partial charge in [0.25, 0.3) is 0 Å². The molecular weight excluding hydrogens is 218 g/mol. The fraction of sp³-hybridized carbons (Fsp3) is 0.417. The summed E-state index contributed by atoms with van der Waals surface area (Å²) in [5.74, 6) is 0.600. The molecular formula is C12H17N3O2. The average molecular weight is 235 g/mol. The average Bonchev–Trinajstić information content (AvgIpc) is 2.24. The van der Waals surface area contributed by atoms with E-state index in [0.717, 1.165) is 12.8 Å². The Morgan fingerprint density at radius 3 is 2.82 bits per heavy atom. The third kappa shape index (κ3) is 2.81. The van der Waals surface area contributed by atoms with Gasteiger partial charge in [-0.3, -0.25) is 0 Å². The minimum atomic E-state index is -0.210. The zero-order valence-corrected chi connectivity index (χ0v) is 9.82. The van der Waals surface area contributed by atoms with Gasteiger partial charge < -0.3 is 21.1 Å². The Morgan fingerprint density at radius 1 is 1.47 bits per heavy atom. The number of carbonyl (C=O) groups excluding carboxylic acids is 1. The molecule has 1 fully saturated rings. The summed E-state index contributed by atoms with van der Waals surface area (Å²) in [7, 11) is 1.56. The number of nitrogen functional groups attached to an aromatic ring is 1. The number of ether oxygens (including phenoxy) is 1. The van der Waals surface area contributed by atoms with Crippen molar-refractivity contribution >= 4 is 17.4 Å². The SMILES string of the molecule is COc1ccc(N)cc1NC(=O)NC1CCC1. The monoisotopic (exact) mass is 235 g/mol. The number of methoxy groups -OCH3 is 1. The summed E-state index contributed by atoms with van der Waals surface area (Å²) in [5, 5.41) is 5.64.